The van der Waals surface area contributed by atoms with Gasteiger partial charge in [0.15, 0.2) is 0 Å². The standard InChI is InChI=1S/C5H10ClNO3S/c1-4(2)7(5(3)8)11(6,9)10/h4H,1-3H3. The molecule has 0 aliphatic carbocycles. The second-order valence-electron chi connectivity index (χ2n) is 2.35. The van der Waals surface area contributed by atoms with Gasteiger partial charge in [-0.15, -0.1) is 0 Å². The highest BCUT2D eigenvalue weighted by molar-refractivity contribution is 8.12. The quantitative estimate of drug-likeness (QED) is 0.616. The maximum atomic E-state index is 10.7. The summed E-state index contributed by atoms with van der Waals surface area (Å²) in [4.78, 5) is 10.7. The Kier molecular flexibility index (Phi) is 3.31. The summed E-state index contributed by atoms with van der Waals surface area (Å²) in [6.45, 7) is 4.29. The number of halogens is 1. The van der Waals surface area contributed by atoms with Crippen molar-refractivity contribution in [1.29, 1.82) is 0 Å². The Bertz CT molecular complexity index is 246. The van der Waals surface area contributed by atoms with Crippen molar-refractivity contribution in [2.75, 3.05) is 0 Å². The Morgan fingerprint density at radius 3 is 1.82 bits per heavy atom. The minimum absolute atomic E-state index is 0.435. The molecule has 0 unspecified atom stereocenters. The van der Waals surface area contributed by atoms with Crippen molar-refractivity contribution >= 4 is 25.8 Å². The van der Waals surface area contributed by atoms with Crippen molar-refractivity contribution < 1.29 is 13.2 Å². The van der Waals surface area contributed by atoms with Crippen LogP contribution in [0.1, 0.15) is 20.8 Å². The second-order valence-corrected chi connectivity index (χ2v) is 4.74. The molecule has 66 valence electrons. The van der Waals surface area contributed by atoms with Crippen LogP contribution in [0.3, 0.4) is 0 Å². The van der Waals surface area contributed by atoms with E-state index in [1.54, 1.807) is 13.8 Å². The van der Waals surface area contributed by atoms with E-state index in [2.05, 4.69) is 0 Å². The molecule has 0 aromatic heterocycles. The van der Waals surface area contributed by atoms with Crippen LogP contribution < -0.4 is 0 Å². The topological polar surface area (TPSA) is 54.5 Å². The summed E-state index contributed by atoms with van der Waals surface area (Å²) >= 11 is 0. The molecule has 0 atom stereocenters. The highest BCUT2D eigenvalue weighted by Gasteiger charge is 2.24. The molecular weight excluding hydrogens is 190 g/mol. The van der Waals surface area contributed by atoms with Crippen LogP contribution in [0.2, 0.25) is 0 Å². The Labute approximate surface area is 70.7 Å². The van der Waals surface area contributed by atoms with Gasteiger partial charge in [-0.3, -0.25) is 4.79 Å². The number of carbonyl (C=O) groups excluding carboxylic acids is 1. The zero-order valence-corrected chi connectivity index (χ0v) is 8.11. The Morgan fingerprint density at radius 2 is 1.82 bits per heavy atom. The fourth-order valence-corrected chi connectivity index (χ4v) is 2.35. The SMILES string of the molecule is CC(=O)N(C(C)C)S(=O)(=O)Cl. The third kappa shape index (κ3) is 3.07. The molecule has 0 radical (unpaired) electrons. The van der Waals surface area contributed by atoms with Crippen molar-refractivity contribution in [2.24, 2.45) is 0 Å². The zero-order valence-electron chi connectivity index (χ0n) is 6.54. The molecule has 0 fully saturated rings. The molecule has 0 rings (SSSR count). The first-order valence-corrected chi connectivity index (χ1v) is 5.28. The van der Waals surface area contributed by atoms with Crippen LogP contribution in [0.5, 0.6) is 0 Å². The van der Waals surface area contributed by atoms with Gasteiger partial charge < -0.3 is 0 Å². The van der Waals surface area contributed by atoms with E-state index in [4.69, 9.17) is 10.7 Å². The molecule has 0 N–H and O–H groups in total. The first-order valence-electron chi connectivity index (χ1n) is 3.01. The summed E-state index contributed by atoms with van der Waals surface area (Å²) < 4.78 is 22.0. The van der Waals surface area contributed by atoms with E-state index in [9.17, 15) is 13.2 Å². The average molecular weight is 200 g/mol. The molecule has 0 saturated carbocycles. The van der Waals surface area contributed by atoms with Crippen molar-refractivity contribution in [2.45, 2.75) is 26.8 Å². The van der Waals surface area contributed by atoms with Crippen LogP contribution in [-0.2, 0) is 14.0 Å². The molecule has 0 saturated heterocycles. The largest absolute Gasteiger partial charge is 0.324 e. The van der Waals surface area contributed by atoms with Gasteiger partial charge in [0.05, 0.1) is 0 Å². The molecule has 0 heterocycles. The summed E-state index contributed by atoms with van der Waals surface area (Å²) in [5, 5.41) is 0. The molecule has 0 aromatic rings. The predicted molar refractivity (Wildman–Crippen MR) is 42.4 cm³/mol. The van der Waals surface area contributed by atoms with Crippen LogP contribution in [0, 0.1) is 0 Å². The molecular formula is C5H10ClNO3S. The number of hydrogen-bond acceptors (Lipinski definition) is 3. The summed E-state index contributed by atoms with van der Waals surface area (Å²) in [6, 6.07) is -0.435. The van der Waals surface area contributed by atoms with Crippen molar-refractivity contribution in [1.82, 2.24) is 4.31 Å². The van der Waals surface area contributed by atoms with Gasteiger partial charge in [-0.25, -0.2) is 4.31 Å². The second kappa shape index (κ2) is 3.40. The van der Waals surface area contributed by atoms with E-state index in [-0.39, 0.29) is 0 Å². The van der Waals surface area contributed by atoms with Gasteiger partial charge in [-0.2, -0.15) is 8.42 Å². The van der Waals surface area contributed by atoms with E-state index in [0.717, 1.165) is 6.92 Å². The molecule has 0 aromatic carbocycles. The van der Waals surface area contributed by atoms with Gasteiger partial charge in [0.1, 0.15) is 0 Å². The van der Waals surface area contributed by atoms with Crippen LogP contribution in [0.4, 0.5) is 0 Å². The summed E-state index contributed by atoms with van der Waals surface area (Å²) in [5.74, 6) is -0.574. The van der Waals surface area contributed by atoms with E-state index in [1.807, 2.05) is 0 Å². The molecule has 1 amide bonds. The van der Waals surface area contributed by atoms with E-state index >= 15 is 0 Å². The Hall–Kier alpha value is -0.290. The minimum Gasteiger partial charge on any atom is -0.274 e. The molecule has 0 bridgehead atoms. The third-order valence-electron chi connectivity index (χ3n) is 1.01. The first kappa shape index (κ1) is 10.7. The molecule has 0 aliphatic rings. The van der Waals surface area contributed by atoms with Gasteiger partial charge in [-0.05, 0) is 13.8 Å². The summed E-state index contributed by atoms with van der Waals surface area (Å²) in [6.07, 6.45) is 0. The predicted octanol–water partition coefficient (Wildman–Crippen LogP) is 0.727. The van der Waals surface area contributed by atoms with E-state index in [0.29, 0.717) is 4.31 Å². The Morgan fingerprint density at radius 1 is 1.45 bits per heavy atom. The number of nitrogens with zero attached hydrogens (tertiary/aromatic N) is 1. The van der Waals surface area contributed by atoms with Crippen molar-refractivity contribution in [3.63, 3.8) is 0 Å². The molecule has 0 aliphatic heterocycles. The van der Waals surface area contributed by atoms with Crippen LogP contribution >= 0.6 is 10.7 Å². The maximum absolute atomic E-state index is 10.7. The lowest BCUT2D eigenvalue weighted by atomic mass is 10.4. The summed E-state index contributed by atoms with van der Waals surface area (Å²) in [7, 11) is 1.06. The van der Waals surface area contributed by atoms with Gasteiger partial charge >= 0.3 is 9.24 Å². The average Bonchev–Trinajstić information content (AvgIpc) is 1.54. The van der Waals surface area contributed by atoms with Gasteiger partial charge in [0.25, 0.3) is 0 Å². The molecule has 11 heavy (non-hydrogen) atoms. The summed E-state index contributed by atoms with van der Waals surface area (Å²) in [5.41, 5.74) is 0. The molecule has 0 spiro atoms. The molecule has 6 heteroatoms. The zero-order chi connectivity index (χ0) is 9.23. The van der Waals surface area contributed by atoms with Crippen LogP contribution in [-0.4, -0.2) is 24.7 Å². The first-order chi connectivity index (χ1) is 4.76. The number of amides is 1. The van der Waals surface area contributed by atoms with Gasteiger partial charge in [-0.1, -0.05) is 0 Å². The highest BCUT2D eigenvalue weighted by Crippen LogP contribution is 2.10. The number of hydrogen-bond donors (Lipinski definition) is 0. The third-order valence-corrected chi connectivity index (χ3v) is 2.61. The van der Waals surface area contributed by atoms with Crippen LogP contribution in [0.25, 0.3) is 0 Å². The minimum atomic E-state index is -3.91. The fourth-order valence-electron chi connectivity index (χ4n) is 0.769. The smallest absolute Gasteiger partial charge is 0.274 e. The van der Waals surface area contributed by atoms with Crippen LogP contribution in [0.15, 0.2) is 0 Å². The molecule has 4 nitrogen and oxygen atoms in total. The van der Waals surface area contributed by atoms with Gasteiger partial charge in [0, 0.05) is 23.6 Å². The van der Waals surface area contributed by atoms with Crippen molar-refractivity contribution in [3.8, 4) is 0 Å². The monoisotopic (exact) mass is 199 g/mol. The highest BCUT2D eigenvalue weighted by atomic mass is 35.7. The number of carbonyl (C=O) groups is 1. The maximum Gasteiger partial charge on any atom is 0.324 e. The fraction of sp³-hybridized carbons (Fsp3) is 0.800. The van der Waals surface area contributed by atoms with E-state index < -0.39 is 21.2 Å². The lowest BCUT2D eigenvalue weighted by molar-refractivity contribution is -0.125. The lowest BCUT2D eigenvalue weighted by Gasteiger charge is -2.20. The number of rotatable bonds is 2. The Balaban J connectivity index is 4.79. The van der Waals surface area contributed by atoms with Gasteiger partial charge in [0.2, 0.25) is 5.91 Å². The van der Waals surface area contributed by atoms with E-state index in [1.165, 1.54) is 0 Å². The normalized spacial score (nSPS) is 11.7. The lowest BCUT2D eigenvalue weighted by Crippen LogP contribution is -2.37. The van der Waals surface area contributed by atoms with Crippen molar-refractivity contribution in [3.05, 3.63) is 0 Å².